The van der Waals surface area contributed by atoms with Gasteiger partial charge in [0.2, 0.25) is 0 Å². The lowest BCUT2D eigenvalue weighted by Gasteiger charge is -2.31. The van der Waals surface area contributed by atoms with Crippen LogP contribution < -0.4 is 0 Å². The molecule has 24 heavy (non-hydrogen) atoms. The highest BCUT2D eigenvalue weighted by Gasteiger charge is 2.30. The summed E-state index contributed by atoms with van der Waals surface area (Å²) in [5, 5.41) is 11.2. The fourth-order valence-electron chi connectivity index (χ4n) is 3.56. The van der Waals surface area contributed by atoms with Crippen LogP contribution in [0.3, 0.4) is 0 Å². The lowest BCUT2D eigenvalue weighted by atomic mass is 9.75. The van der Waals surface area contributed by atoms with Crippen LogP contribution in [0.5, 0.6) is 0 Å². The molecule has 0 aromatic heterocycles. The molecule has 1 nitrogen and oxygen atoms in total. The smallest absolute Gasteiger partial charge is 0.0864 e. The highest BCUT2D eigenvalue weighted by molar-refractivity contribution is 5.33. The molecule has 1 heteroatoms. The Balaban J connectivity index is 2.05. The maximum Gasteiger partial charge on any atom is 0.0864 e. The molecule has 122 valence electrons. The first-order chi connectivity index (χ1) is 11.8. The van der Waals surface area contributed by atoms with Gasteiger partial charge in [-0.25, -0.2) is 0 Å². The molecule has 0 heterocycles. The fraction of sp³-hybridized carbons (Fsp3) is 0.217. The molecule has 0 fully saturated rings. The standard InChI is InChI=1S/C23H24O/c1-2-21(18-12-6-3-7-13-18)22(19-14-8-4-9-15-19)23(24)20-16-10-5-11-17-20/h3-17,21-24H,2H2,1H3/t21-,22-,23-/m0/s1. The van der Waals surface area contributed by atoms with Crippen molar-refractivity contribution in [3.05, 3.63) is 108 Å². The Morgan fingerprint density at radius 2 is 1.04 bits per heavy atom. The van der Waals surface area contributed by atoms with Gasteiger partial charge in [0, 0.05) is 5.92 Å². The maximum absolute atomic E-state index is 11.2. The Morgan fingerprint density at radius 1 is 0.625 bits per heavy atom. The van der Waals surface area contributed by atoms with E-state index in [1.54, 1.807) is 0 Å². The van der Waals surface area contributed by atoms with E-state index in [4.69, 9.17) is 0 Å². The van der Waals surface area contributed by atoms with E-state index in [-0.39, 0.29) is 11.8 Å². The van der Waals surface area contributed by atoms with Gasteiger partial charge in [0.1, 0.15) is 0 Å². The fourth-order valence-corrected chi connectivity index (χ4v) is 3.56. The van der Waals surface area contributed by atoms with E-state index in [2.05, 4.69) is 55.5 Å². The van der Waals surface area contributed by atoms with Crippen molar-refractivity contribution in [3.8, 4) is 0 Å². The molecular weight excluding hydrogens is 292 g/mol. The Morgan fingerprint density at radius 3 is 1.50 bits per heavy atom. The van der Waals surface area contributed by atoms with Gasteiger partial charge < -0.3 is 5.11 Å². The Labute approximate surface area is 144 Å². The highest BCUT2D eigenvalue weighted by atomic mass is 16.3. The van der Waals surface area contributed by atoms with Crippen molar-refractivity contribution in [2.75, 3.05) is 0 Å². The van der Waals surface area contributed by atoms with Crippen molar-refractivity contribution >= 4 is 0 Å². The topological polar surface area (TPSA) is 20.2 Å². The molecule has 0 unspecified atom stereocenters. The molecule has 0 spiro atoms. The molecular formula is C23H24O. The van der Waals surface area contributed by atoms with Crippen molar-refractivity contribution in [2.24, 2.45) is 0 Å². The highest BCUT2D eigenvalue weighted by Crippen LogP contribution is 2.43. The van der Waals surface area contributed by atoms with E-state index in [0.29, 0.717) is 0 Å². The van der Waals surface area contributed by atoms with Crippen molar-refractivity contribution in [3.63, 3.8) is 0 Å². The van der Waals surface area contributed by atoms with Crippen molar-refractivity contribution in [2.45, 2.75) is 31.3 Å². The minimum Gasteiger partial charge on any atom is -0.388 e. The van der Waals surface area contributed by atoms with Crippen LogP contribution >= 0.6 is 0 Å². The van der Waals surface area contributed by atoms with Crippen LogP contribution in [0.2, 0.25) is 0 Å². The van der Waals surface area contributed by atoms with Gasteiger partial charge in [0.05, 0.1) is 6.10 Å². The van der Waals surface area contributed by atoms with Gasteiger partial charge in [0.25, 0.3) is 0 Å². The normalized spacial score (nSPS) is 14.8. The molecule has 0 radical (unpaired) electrons. The zero-order valence-corrected chi connectivity index (χ0v) is 14.0. The molecule has 0 aliphatic heterocycles. The summed E-state index contributed by atoms with van der Waals surface area (Å²) in [6.07, 6.45) is 0.451. The number of hydrogen-bond donors (Lipinski definition) is 1. The third-order valence-electron chi connectivity index (χ3n) is 4.77. The molecule has 0 amide bonds. The van der Waals surface area contributed by atoms with E-state index in [0.717, 1.165) is 12.0 Å². The first-order valence-electron chi connectivity index (χ1n) is 8.64. The summed E-state index contributed by atoms with van der Waals surface area (Å²) in [6, 6.07) is 30.9. The van der Waals surface area contributed by atoms with Gasteiger partial charge >= 0.3 is 0 Å². The van der Waals surface area contributed by atoms with Crippen molar-refractivity contribution < 1.29 is 5.11 Å². The SMILES string of the molecule is CC[C@@H](c1ccccc1)[C@H](c1ccccc1)[C@@H](O)c1ccccc1. The summed E-state index contributed by atoms with van der Waals surface area (Å²) in [4.78, 5) is 0. The van der Waals surface area contributed by atoms with Gasteiger partial charge in [-0.1, -0.05) is 97.9 Å². The molecule has 0 saturated heterocycles. The van der Waals surface area contributed by atoms with E-state index in [1.165, 1.54) is 11.1 Å². The van der Waals surface area contributed by atoms with Crippen LogP contribution in [0.25, 0.3) is 0 Å². The van der Waals surface area contributed by atoms with E-state index in [9.17, 15) is 5.11 Å². The summed E-state index contributed by atoms with van der Waals surface area (Å²) in [7, 11) is 0. The zero-order chi connectivity index (χ0) is 16.8. The molecule has 0 aliphatic carbocycles. The second-order valence-corrected chi connectivity index (χ2v) is 6.22. The first kappa shape index (κ1) is 16.5. The summed E-state index contributed by atoms with van der Waals surface area (Å²) < 4.78 is 0. The average molecular weight is 316 g/mol. The largest absolute Gasteiger partial charge is 0.388 e. The second-order valence-electron chi connectivity index (χ2n) is 6.22. The van der Waals surface area contributed by atoms with Crippen LogP contribution in [0.4, 0.5) is 0 Å². The number of aliphatic hydroxyl groups is 1. The lowest BCUT2D eigenvalue weighted by molar-refractivity contribution is 0.130. The van der Waals surface area contributed by atoms with Gasteiger partial charge in [-0.2, -0.15) is 0 Å². The third-order valence-corrected chi connectivity index (χ3v) is 4.77. The minimum absolute atomic E-state index is 0.0287. The molecule has 3 aromatic rings. The predicted octanol–water partition coefficient (Wildman–Crippen LogP) is 5.70. The third kappa shape index (κ3) is 3.58. The molecule has 3 aromatic carbocycles. The predicted molar refractivity (Wildman–Crippen MR) is 100 cm³/mol. The molecule has 3 rings (SSSR count). The summed E-state index contributed by atoms with van der Waals surface area (Å²) >= 11 is 0. The van der Waals surface area contributed by atoms with E-state index < -0.39 is 6.10 Å². The lowest BCUT2D eigenvalue weighted by Crippen LogP contribution is -2.19. The first-order valence-corrected chi connectivity index (χ1v) is 8.64. The number of rotatable bonds is 6. The number of benzene rings is 3. The molecule has 0 aliphatic rings. The molecule has 0 saturated carbocycles. The van der Waals surface area contributed by atoms with Crippen LogP contribution in [0.1, 0.15) is 48.0 Å². The summed E-state index contributed by atoms with van der Waals surface area (Å²) in [6.45, 7) is 2.20. The van der Waals surface area contributed by atoms with Gasteiger partial charge in [-0.3, -0.25) is 0 Å². The Kier molecular flexibility index (Phi) is 5.45. The maximum atomic E-state index is 11.2. The Bertz CT molecular complexity index is 722. The van der Waals surface area contributed by atoms with Crippen molar-refractivity contribution in [1.82, 2.24) is 0 Å². The van der Waals surface area contributed by atoms with E-state index in [1.807, 2.05) is 42.5 Å². The molecule has 3 atom stereocenters. The van der Waals surface area contributed by atoms with Crippen LogP contribution in [-0.2, 0) is 0 Å². The second kappa shape index (κ2) is 7.94. The monoisotopic (exact) mass is 316 g/mol. The zero-order valence-electron chi connectivity index (χ0n) is 14.0. The van der Waals surface area contributed by atoms with Gasteiger partial charge in [0.15, 0.2) is 0 Å². The van der Waals surface area contributed by atoms with Crippen LogP contribution in [0, 0.1) is 0 Å². The summed E-state index contributed by atoms with van der Waals surface area (Å²) in [5.41, 5.74) is 3.44. The number of aliphatic hydroxyl groups excluding tert-OH is 1. The number of hydrogen-bond acceptors (Lipinski definition) is 1. The average Bonchev–Trinajstić information content (AvgIpc) is 2.67. The van der Waals surface area contributed by atoms with E-state index >= 15 is 0 Å². The Hall–Kier alpha value is -2.38. The molecule has 0 bridgehead atoms. The van der Waals surface area contributed by atoms with Gasteiger partial charge in [-0.05, 0) is 29.0 Å². The van der Waals surface area contributed by atoms with Gasteiger partial charge in [-0.15, -0.1) is 0 Å². The minimum atomic E-state index is -0.529. The molecule has 1 N–H and O–H groups in total. The van der Waals surface area contributed by atoms with Crippen LogP contribution in [-0.4, -0.2) is 5.11 Å². The quantitative estimate of drug-likeness (QED) is 0.618. The van der Waals surface area contributed by atoms with Crippen molar-refractivity contribution in [1.29, 1.82) is 0 Å². The van der Waals surface area contributed by atoms with Crippen LogP contribution in [0.15, 0.2) is 91.0 Å². The summed E-state index contributed by atoms with van der Waals surface area (Å²) in [5.74, 6) is 0.296.